The lowest BCUT2D eigenvalue weighted by molar-refractivity contribution is -0.146. The predicted octanol–water partition coefficient (Wildman–Crippen LogP) is 3.32. The summed E-state index contributed by atoms with van der Waals surface area (Å²) in [6.45, 7) is 4.36. The minimum absolute atomic E-state index is 0.0964. The lowest BCUT2D eigenvalue weighted by atomic mass is 9.85. The molecule has 2 heterocycles. The Balaban J connectivity index is 1.90. The second-order valence-corrected chi connectivity index (χ2v) is 6.17. The number of piperidine rings is 1. The molecular formula is C15H23BrN2O2. The van der Waals surface area contributed by atoms with Crippen LogP contribution < -0.4 is 4.90 Å². The quantitative estimate of drug-likeness (QED) is 0.607. The fraction of sp³-hybridized carbons (Fsp3) is 0.667. The summed E-state index contributed by atoms with van der Waals surface area (Å²) in [4.78, 5) is 6.70. The van der Waals surface area contributed by atoms with Crippen LogP contribution in [0.15, 0.2) is 22.9 Å². The molecule has 0 aliphatic carbocycles. The molecule has 0 radical (unpaired) electrons. The molecule has 0 saturated carbocycles. The molecule has 0 bridgehead atoms. The van der Waals surface area contributed by atoms with E-state index in [0.717, 1.165) is 17.7 Å². The first-order valence-corrected chi connectivity index (χ1v) is 7.87. The minimum atomic E-state index is -0.0964. The molecule has 1 aliphatic heterocycles. The van der Waals surface area contributed by atoms with Gasteiger partial charge in [-0.2, -0.15) is 0 Å². The maximum absolute atomic E-state index is 5.39. The average Bonchev–Trinajstić information content (AvgIpc) is 2.49. The number of halogens is 1. The molecule has 0 unspecified atom stereocenters. The van der Waals surface area contributed by atoms with Gasteiger partial charge in [0.15, 0.2) is 6.29 Å². The molecule has 1 atom stereocenters. The van der Waals surface area contributed by atoms with Crippen molar-refractivity contribution in [2.24, 2.45) is 11.8 Å². The lowest BCUT2D eigenvalue weighted by Crippen LogP contribution is -2.39. The highest BCUT2D eigenvalue weighted by atomic mass is 79.9. The molecule has 2 rings (SSSR count). The van der Waals surface area contributed by atoms with Crippen molar-refractivity contribution in [1.82, 2.24) is 4.98 Å². The standard InChI is InChI=1S/C15H23BrN2O2/c1-11(15(19-2)20-3)12-6-8-18(9-7-12)13-4-5-14(16)17-10-13/h4-5,10-12,15H,6-9H2,1-3H3/t11-/m1/s1. The van der Waals surface area contributed by atoms with Gasteiger partial charge in [0.2, 0.25) is 0 Å². The van der Waals surface area contributed by atoms with Gasteiger partial charge in [-0.15, -0.1) is 0 Å². The summed E-state index contributed by atoms with van der Waals surface area (Å²) in [6.07, 6.45) is 4.17. The van der Waals surface area contributed by atoms with Crippen LogP contribution in [0, 0.1) is 11.8 Å². The predicted molar refractivity (Wildman–Crippen MR) is 83.8 cm³/mol. The molecule has 4 nitrogen and oxygen atoms in total. The number of rotatable bonds is 5. The molecule has 0 aromatic carbocycles. The number of aromatic nitrogens is 1. The molecule has 0 N–H and O–H groups in total. The third-order valence-electron chi connectivity index (χ3n) is 4.25. The van der Waals surface area contributed by atoms with Crippen molar-refractivity contribution in [2.75, 3.05) is 32.2 Å². The molecule has 112 valence electrons. The Morgan fingerprint density at radius 2 is 1.90 bits per heavy atom. The zero-order valence-electron chi connectivity index (χ0n) is 12.4. The monoisotopic (exact) mass is 342 g/mol. The van der Waals surface area contributed by atoms with Crippen molar-refractivity contribution < 1.29 is 9.47 Å². The van der Waals surface area contributed by atoms with Gasteiger partial charge in [0, 0.05) is 33.2 Å². The Morgan fingerprint density at radius 1 is 1.25 bits per heavy atom. The van der Waals surface area contributed by atoms with Gasteiger partial charge >= 0.3 is 0 Å². The second kappa shape index (κ2) is 7.38. The number of nitrogens with zero attached hydrogens (tertiary/aromatic N) is 2. The highest BCUT2D eigenvalue weighted by molar-refractivity contribution is 9.10. The highest BCUT2D eigenvalue weighted by Gasteiger charge is 2.29. The molecule has 1 aliphatic rings. The molecule has 1 aromatic rings. The van der Waals surface area contributed by atoms with E-state index in [0.29, 0.717) is 11.8 Å². The van der Waals surface area contributed by atoms with Crippen molar-refractivity contribution in [3.05, 3.63) is 22.9 Å². The van der Waals surface area contributed by atoms with Gasteiger partial charge in [-0.25, -0.2) is 4.98 Å². The summed E-state index contributed by atoms with van der Waals surface area (Å²) in [5, 5.41) is 0. The summed E-state index contributed by atoms with van der Waals surface area (Å²) in [7, 11) is 3.43. The Morgan fingerprint density at radius 3 is 2.40 bits per heavy atom. The molecule has 1 aromatic heterocycles. The number of ether oxygens (including phenoxy) is 2. The third kappa shape index (κ3) is 3.71. The van der Waals surface area contributed by atoms with E-state index in [2.05, 4.69) is 38.8 Å². The van der Waals surface area contributed by atoms with E-state index in [1.54, 1.807) is 14.2 Å². The SMILES string of the molecule is COC(OC)[C@H](C)C1CCN(c2ccc(Br)nc2)CC1. The summed E-state index contributed by atoms with van der Waals surface area (Å²) in [5.74, 6) is 1.08. The lowest BCUT2D eigenvalue weighted by Gasteiger charge is -2.37. The Kier molecular flexibility index (Phi) is 5.81. The Hall–Kier alpha value is -0.650. The van der Waals surface area contributed by atoms with Crippen LogP contribution in [-0.4, -0.2) is 38.6 Å². The van der Waals surface area contributed by atoms with Crippen LogP contribution in [0.25, 0.3) is 0 Å². The third-order valence-corrected chi connectivity index (χ3v) is 4.72. The molecule has 0 spiro atoms. The van der Waals surface area contributed by atoms with Gasteiger partial charge in [-0.3, -0.25) is 0 Å². The fourth-order valence-electron chi connectivity index (χ4n) is 2.99. The Labute approximate surface area is 129 Å². The fourth-order valence-corrected chi connectivity index (χ4v) is 3.22. The maximum Gasteiger partial charge on any atom is 0.159 e. The Bertz CT molecular complexity index is 401. The van der Waals surface area contributed by atoms with Crippen LogP contribution >= 0.6 is 15.9 Å². The molecule has 5 heteroatoms. The molecule has 20 heavy (non-hydrogen) atoms. The van der Waals surface area contributed by atoms with E-state index < -0.39 is 0 Å². The maximum atomic E-state index is 5.39. The zero-order chi connectivity index (χ0) is 14.5. The smallest absolute Gasteiger partial charge is 0.159 e. The van der Waals surface area contributed by atoms with Crippen LogP contribution in [0.1, 0.15) is 19.8 Å². The first kappa shape index (κ1) is 15.7. The first-order chi connectivity index (χ1) is 9.65. The first-order valence-electron chi connectivity index (χ1n) is 7.07. The van der Waals surface area contributed by atoms with Crippen LogP contribution in [-0.2, 0) is 9.47 Å². The van der Waals surface area contributed by atoms with Crippen LogP contribution in [0.5, 0.6) is 0 Å². The average molecular weight is 343 g/mol. The van der Waals surface area contributed by atoms with E-state index in [1.165, 1.54) is 18.5 Å². The number of methoxy groups -OCH3 is 2. The van der Waals surface area contributed by atoms with Crippen LogP contribution in [0.2, 0.25) is 0 Å². The largest absolute Gasteiger partial charge is 0.370 e. The zero-order valence-corrected chi connectivity index (χ0v) is 14.0. The van der Waals surface area contributed by atoms with Crippen molar-refractivity contribution in [3.8, 4) is 0 Å². The van der Waals surface area contributed by atoms with Gasteiger partial charge in [-0.05, 0) is 46.8 Å². The summed E-state index contributed by atoms with van der Waals surface area (Å²) < 4.78 is 11.7. The van der Waals surface area contributed by atoms with Gasteiger partial charge in [0.1, 0.15) is 4.60 Å². The van der Waals surface area contributed by atoms with Crippen molar-refractivity contribution in [2.45, 2.75) is 26.1 Å². The molecule has 1 saturated heterocycles. The number of hydrogen-bond donors (Lipinski definition) is 0. The normalized spacial score (nSPS) is 18.6. The van der Waals surface area contributed by atoms with E-state index in [1.807, 2.05) is 12.3 Å². The number of pyridine rings is 1. The number of hydrogen-bond acceptors (Lipinski definition) is 4. The summed E-state index contributed by atoms with van der Waals surface area (Å²) in [6, 6.07) is 4.11. The van der Waals surface area contributed by atoms with E-state index in [-0.39, 0.29) is 6.29 Å². The minimum Gasteiger partial charge on any atom is -0.370 e. The van der Waals surface area contributed by atoms with Crippen molar-refractivity contribution >= 4 is 21.6 Å². The van der Waals surface area contributed by atoms with Gasteiger partial charge in [0.25, 0.3) is 0 Å². The van der Waals surface area contributed by atoms with E-state index >= 15 is 0 Å². The van der Waals surface area contributed by atoms with Crippen molar-refractivity contribution in [1.29, 1.82) is 0 Å². The van der Waals surface area contributed by atoms with Crippen molar-refractivity contribution in [3.63, 3.8) is 0 Å². The molecular weight excluding hydrogens is 320 g/mol. The van der Waals surface area contributed by atoms with E-state index in [4.69, 9.17) is 9.47 Å². The van der Waals surface area contributed by atoms with Crippen LogP contribution in [0.3, 0.4) is 0 Å². The second-order valence-electron chi connectivity index (χ2n) is 5.36. The summed E-state index contributed by atoms with van der Waals surface area (Å²) >= 11 is 3.37. The topological polar surface area (TPSA) is 34.6 Å². The molecule has 1 fully saturated rings. The number of anilines is 1. The summed E-state index contributed by atoms with van der Waals surface area (Å²) in [5.41, 5.74) is 1.20. The highest BCUT2D eigenvalue weighted by Crippen LogP contribution is 2.30. The van der Waals surface area contributed by atoms with Gasteiger partial charge < -0.3 is 14.4 Å². The molecule has 0 amide bonds. The van der Waals surface area contributed by atoms with E-state index in [9.17, 15) is 0 Å². The van der Waals surface area contributed by atoms with Gasteiger partial charge in [0.05, 0.1) is 11.9 Å². The van der Waals surface area contributed by atoms with Gasteiger partial charge in [-0.1, -0.05) is 6.92 Å². The van der Waals surface area contributed by atoms with Crippen LogP contribution in [0.4, 0.5) is 5.69 Å².